The lowest BCUT2D eigenvalue weighted by Crippen LogP contribution is -2.05. The Balaban J connectivity index is 1.77. The molecular weight excluding hydrogens is 250 g/mol. The van der Waals surface area contributed by atoms with Crippen molar-refractivity contribution in [2.45, 2.75) is 12.3 Å². The van der Waals surface area contributed by atoms with Gasteiger partial charge < -0.3 is 9.94 Å². The molecule has 0 aliphatic heterocycles. The van der Waals surface area contributed by atoms with E-state index in [-0.39, 0.29) is 0 Å². The average Bonchev–Trinajstić information content (AvgIpc) is 3.30. The standard InChI is InChI=1S/C17H17NO2/c1-20-14-9-7-12(8-10-14)15-11-16(15)17(18-19)13-5-3-2-4-6-13/h2-10,15-16,19H,11H2,1H3/b18-17-/t15-,16+/m0/s1. The van der Waals surface area contributed by atoms with Gasteiger partial charge in [-0.15, -0.1) is 0 Å². The molecule has 1 N–H and O–H groups in total. The van der Waals surface area contributed by atoms with E-state index in [2.05, 4.69) is 17.3 Å². The molecule has 0 saturated heterocycles. The molecule has 2 aromatic rings. The average molecular weight is 267 g/mol. The summed E-state index contributed by atoms with van der Waals surface area (Å²) in [6.45, 7) is 0. The summed E-state index contributed by atoms with van der Waals surface area (Å²) in [5.74, 6) is 1.60. The molecule has 0 spiro atoms. The molecule has 0 aromatic heterocycles. The van der Waals surface area contributed by atoms with Gasteiger partial charge >= 0.3 is 0 Å². The third kappa shape index (κ3) is 2.39. The maximum absolute atomic E-state index is 9.30. The van der Waals surface area contributed by atoms with E-state index in [9.17, 15) is 5.21 Å². The van der Waals surface area contributed by atoms with Crippen LogP contribution in [0.3, 0.4) is 0 Å². The third-order valence-electron chi connectivity index (χ3n) is 3.86. The SMILES string of the molecule is COc1ccc([C@@H]2C[C@H]2/C(=N\O)c2ccccc2)cc1. The van der Waals surface area contributed by atoms with Gasteiger partial charge in [0.1, 0.15) is 5.75 Å². The van der Waals surface area contributed by atoms with Crippen molar-refractivity contribution in [2.24, 2.45) is 11.1 Å². The Bertz CT molecular complexity index is 605. The summed E-state index contributed by atoms with van der Waals surface area (Å²) in [4.78, 5) is 0. The van der Waals surface area contributed by atoms with Crippen LogP contribution >= 0.6 is 0 Å². The van der Waals surface area contributed by atoms with Gasteiger partial charge in [-0.25, -0.2) is 0 Å². The molecule has 0 amide bonds. The maximum Gasteiger partial charge on any atom is 0.118 e. The van der Waals surface area contributed by atoms with Crippen molar-refractivity contribution in [3.8, 4) is 5.75 Å². The summed E-state index contributed by atoms with van der Waals surface area (Å²) in [5.41, 5.74) is 3.05. The van der Waals surface area contributed by atoms with Gasteiger partial charge in [-0.1, -0.05) is 47.6 Å². The highest BCUT2D eigenvalue weighted by Gasteiger charge is 2.42. The van der Waals surface area contributed by atoms with Crippen LogP contribution in [0.5, 0.6) is 5.75 Å². The minimum absolute atomic E-state index is 0.302. The van der Waals surface area contributed by atoms with Crippen molar-refractivity contribution in [3.05, 3.63) is 65.7 Å². The minimum atomic E-state index is 0.302. The molecule has 1 fully saturated rings. The monoisotopic (exact) mass is 267 g/mol. The Labute approximate surface area is 118 Å². The largest absolute Gasteiger partial charge is 0.497 e. The molecule has 0 heterocycles. The van der Waals surface area contributed by atoms with Gasteiger partial charge in [0.25, 0.3) is 0 Å². The molecule has 0 unspecified atom stereocenters. The fourth-order valence-electron chi connectivity index (χ4n) is 2.67. The summed E-state index contributed by atoms with van der Waals surface area (Å²) >= 11 is 0. The highest BCUT2D eigenvalue weighted by molar-refractivity contribution is 6.04. The number of rotatable bonds is 4. The lowest BCUT2D eigenvalue weighted by atomic mass is 10.0. The Morgan fingerprint density at radius 3 is 2.40 bits per heavy atom. The van der Waals surface area contributed by atoms with Gasteiger partial charge in [0.05, 0.1) is 12.8 Å². The molecule has 3 heteroatoms. The molecule has 2 atom stereocenters. The van der Waals surface area contributed by atoms with E-state index < -0.39 is 0 Å². The van der Waals surface area contributed by atoms with Crippen LogP contribution in [0.2, 0.25) is 0 Å². The van der Waals surface area contributed by atoms with Gasteiger partial charge in [-0.05, 0) is 35.6 Å². The summed E-state index contributed by atoms with van der Waals surface area (Å²) in [5, 5.41) is 12.8. The van der Waals surface area contributed by atoms with Crippen LogP contribution < -0.4 is 4.74 Å². The summed E-state index contributed by atoms with van der Waals surface area (Å²) in [7, 11) is 1.67. The van der Waals surface area contributed by atoms with Gasteiger partial charge in [0.2, 0.25) is 0 Å². The Kier molecular flexibility index (Phi) is 3.42. The van der Waals surface area contributed by atoms with Gasteiger partial charge in [0, 0.05) is 5.92 Å². The first kappa shape index (κ1) is 12.7. The smallest absolute Gasteiger partial charge is 0.118 e. The van der Waals surface area contributed by atoms with Crippen molar-refractivity contribution in [1.29, 1.82) is 0 Å². The van der Waals surface area contributed by atoms with E-state index in [0.717, 1.165) is 23.4 Å². The van der Waals surface area contributed by atoms with Crippen LogP contribution in [0.4, 0.5) is 0 Å². The maximum atomic E-state index is 9.30. The number of nitrogens with zero attached hydrogens (tertiary/aromatic N) is 1. The lowest BCUT2D eigenvalue weighted by Gasteiger charge is -2.05. The van der Waals surface area contributed by atoms with Crippen LogP contribution in [0, 0.1) is 5.92 Å². The van der Waals surface area contributed by atoms with E-state index >= 15 is 0 Å². The summed E-state index contributed by atoms with van der Waals surface area (Å²) in [6.07, 6.45) is 1.03. The predicted octanol–water partition coefficient (Wildman–Crippen LogP) is 3.68. The molecule has 1 aliphatic rings. The zero-order valence-corrected chi connectivity index (χ0v) is 11.4. The Morgan fingerprint density at radius 2 is 1.80 bits per heavy atom. The first-order valence-electron chi connectivity index (χ1n) is 6.75. The first-order chi connectivity index (χ1) is 9.83. The van der Waals surface area contributed by atoms with E-state index in [4.69, 9.17) is 4.74 Å². The normalized spacial score (nSPS) is 21.6. The van der Waals surface area contributed by atoms with Crippen molar-refractivity contribution >= 4 is 5.71 Å². The molecule has 3 rings (SSSR count). The quantitative estimate of drug-likeness (QED) is 0.521. The van der Waals surface area contributed by atoms with E-state index in [1.54, 1.807) is 7.11 Å². The highest BCUT2D eigenvalue weighted by atomic mass is 16.5. The molecule has 102 valence electrons. The number of methoxy groups -OCH3 is 1. The molecule has 1 saturated carbocycles. The molecule has 1 aliphatic carbocycles. The second-order valence-electron chi connectivity index (χ2n) is 5.07. The zero-order chi connectivity index (χ0) is 13.9. The molecule has 2 aromatic carbocycles. The fourth-order valence-corrected chi connectivity index (χ4v) is 2.67. The summed E-state index contributed by atoms with van der Waals surface area (Å²) < 4.78 is 5.17. The predicted molar refractivity (Wildman–Crippen MR) is 78.6 cm³/mol. The van der Waals surface area contributed by atoms with Gasteiger partial charge in [0.15, 0.2) is 0 Å². The number of hydrogen-bond acceptors (Lipinski definition) is 3. The van der Waals surface area contributed by atoms with E-state index in [1.807, 2.05) is 42.5 Å². The van der Waals surface area contributed by atoms with Gasteiger partial charge in [-0.3, -0.25) is 0 Å². The van der Waals surface area contributed by atoms with Crippen LogP contribution in [-0.2, 0) is 0 Å². The van der Waals surface area contributed by atoms with Crippen molar-refractivity contribution < 1.29 is 9.94 Å². The highest BCUT2D eigenvalue weighted by Crippen LogP contribution is 2.49. The first-order valence-corrected chi connectivity index (χ1v) is 6.75. The second-order valence-corrected chi connectivity index (χ2v) is 5.07. The molecule has 3 nitrogen and oxygen atoms in total. The Morgan fingerprint density at radius 1 is 1.10 bits per heavy atom. The van der Waals surface area contributed by atoms with Crippen LogP contribution in [0.25, 0.3) is 0 Å². The van der Waals surface area contributed by atoms with Crippen molar-refractivity contribution in [3.63, 3.8) is 0 Å². The molecule has 20 heavy (non-hydrogen) atoms. The van der Waals surface area contributed by atoms with Gasteiger partial charge in [-0.2, -0.15) is 0 Å². The fraction of sp³-hybridized carbons (Fsp3) is 0.235. The minimum Gasteiger partial charge on any atom is -0.497 e. The molecule has 0 radical (unpaired) electrons. The lowest BCUT2D eigenvalue weighted by molar-refractivity contribution is 0.317. The van der Waals surface area contributed by atoms with Crippen molar-refractivity contribution in [1.82, 2.24) is 0 Å². The number of hydrogen-bond donors (Lipinski definition) is 1. The van der Waals surface area contributed by atoms with Crippen LogP contribution in [0.1, 0.15) is 23.5 Å². The van der Waals surface area contributed by atoms with Crippen LogP contribution in [-0.4, -0.2) is 18.0 Å². The second kappa shape index (κ2) is 5.37. The Hall–Kier alpha value is -2.29. The number of ether oxygens (including phenoxy) is 1. The van der Waals surface area contributed by atoms with E-state index in [1.165, 1.54) is 5.56 Å². The number of benzene rings is 2. The number of oxime groups is 1. The van der Waals surface area contributed by atoms with Crippen LogP contribution in [0.15, 0.2) is 59.8 Å². The topological polar surface area (TPSA) is 41.8 Å². The molecular formula is C17H17NO2. The van der Waals surface area contributed by atoms with E-state index in [0.29, 0.717) is 11.8 Å². The van der Waals surface area contributed by atoms with Crippen molar-refractivity contribution in [2.75, 3.05) is 7.11 Å². The third-order valence-corrected chi connectivity index (χ3v) is 3.86. The molecule has 0 bridgehead atoms. The zero-order valence-electron chi connectivity index (χ0n) is 11.4. The summed E-state index contributed by atoms with van der Waals surface area (Å²) in [6, 6.07) is 18.0.